The van der Waals surface area contributed by atoms with Gasteiger partial charge in [-0.05, 0) is 15.9 Å². The molecule has 7 heteroatoms. The number of nitrogens with zero attached hydrogens (tertiary/aromatic N) is 1. The summed E-state index contributed by atoms with van der Waals surface area (Å²) in [7, 11) is 0. The lowest BCUT2D eigenvalue weighted by Crippen LogP contribution is -2.34. The minimum atomic E-state index is -0.559. The molecule has 0 aromatic carbocycles. The molecule has 1 amide bonds. The molecule has 0 aliphatic carbocycles. The molecule has 0 saturated heterocycles. The fraction of sp³-hybridized carbons (Fsp3) is 0.375. The van der Waals surface area contributed by atoms with Gasteiger partial charge in [0.15, 0.2) is 0 Å². The first-order valence-electron chi connectivity index (χ1n) is 4.20. The highest BCUT2D eigenvalue weighted by molar-refractivity contribution is 9.10. The lowest BCUT2D eigenvalue weighted by Gasteiger charge is -2.09. The first-order valence-corrected chi connectivity index (χ1v) is 4.99. The second-order valence-corrected chi connectivity index (χ2v) is 4.05. The Morgan fingerprint density at radius 1 is 1.67 bits per heavy atom. The highest BCUT2D eigenvalue weighted by atomic mass is 79.9. The molecule has 0 aliphatic heterocycles. The van der Waals surface area contributed by atoms with Crippen LogP contribution in [0.25, 0.3) is 0 Å². The van der Waals surface area contributed by atoms with Crippen molar-refractivity contribution in [2.45, 2.75) is 13.5 Å². The van der Waals surface area contributed by atoms with E-state index in [-0.39, 0.29) is 11.0 Å². The average Bonchev–Trinajstić information content (AvgIpc) is 2.13. The first kappa shape index (κ1) is 11.7. The fourth-order valence-electron chi connectivity index (χ4n) is 1.00. The Bertz CT molecular complexity index is 491. The van der Waals surface area contributed by atoms with Gasteiger partial charge >= 0.3 is 5.69 Å². The summed E-state index contributed by atoms with van der Waals surface area (Å²) >= 11 is 2.99. The summed E-state index contributed by atoms with van der Waals surface area (Å²) in [6, 6.07) is 0. The number of amides is 1. The van der Waals surface area contributed by atoms with E-state index in [1.807, 2.05) is 0 Å². The molecule has 1 atom stereocenters. The van der Waals surface area contributed by atoms with Crippen molar-refractivity contribution < 1.29 is 4.79 Å². The van der Waals surface area contributed by atoms with Gasteiger partial charge in [0, 0.05) is 12.7 Å². The second-order valence-electron chi connectivity index (χ2n) is 3.19. The zero-order chi connectivity index (χ0) is 11.6. The van der Waals surface area contributed by atoms with Crippen molar-refractivity contribution in [3.63, 3.8) is 0 Å². The van der Waals surface area contributed by atoms with Crippen molar-refractivity contribution in [1.82, 2.24) is 9.55 Å². The Morgan fingerprint density at radius 2 is 2.27 bits per heavy atom. The van der Waals surface area contributed by atoms with Crippen LogP contribution in [0.1, 0.15) is 6.92 Å². The minimum absolute atomic E-state index is 0.142. The normalized spacial score (nSPS) is 12.4. The number of H-pyrrole nitrogens is 1. The van der Waals surface area contributed by atoms with Gasteiger partial charge in [0.2, 0.25) is 5.91 Å². The fourth-order valence-corrected chi connectivity index (χ4v) is 1.35. The zero-order valence-electron chi connectivity index (χ0n) is 7.99. The van der Waals surface area contributed by atoms with Crippen molar-refractivity contribution in [1.29, 1.82) is 0 Å². The van der Waals surface area contributed by atoms with E-state index in [0.29, 0.717) is 0 Å². The third kappa shape index (κ3) is 2.79. The van der Waals surface area contributed by atoms with Gasteiger partial charge < -0.3 is 5.73 Å². The highest BCUT2D eigenvalue weighted by Gasteiger charge is 2.11. The highest BCUT2D eigenvalue weighted by Crippen LogP contribution is 2.01. The van der Waals surface area contributed by atoms with Crippen molar-refractivity contribution in [3.8, 4) is 0 Å². The van der Waals surface area contributed by atoms with Gasteiger partial charge in [-0.1, -0.05) is 6.92 Å². The number of hydrogen-bond donors (Lipinski definition) is 2. The van der Waals surface area contributed by atoms with Crippen LogP contribution in [0.4, 0.5) is 0 Å². The van der Waals surface area contributed by atoms with Gasteiger partial charge in [0.05, 0.1) is 10.4 Å². The third-order valence-corrected chi connectivity index (χ3v) is 2.49. The van der Waals surface area contributed by atoms with E-state index in [2.05, 4.69) is 20.9 Å². The molecule has 82 valence electrons. The molecule has 1 unspecified atom stereocenters. The van der Waals surface area contributed by atoms with Crippen molar-refractivity contribution in [2.24, 2.45) is 11.7 Å². The zero-order valence-corrected chi connectivity index (χ0v) is 9.58. The maximum atomic E-state index is 11.3. The number of rotatable bonds is 3. The van der Waals surface area contributed by atoms with E-state index >= 15 is 0 Å². The largest absolute Gasteiger partial charge is 0.369 e. The van der Waals surface area contributed by atoms with Crippen molar-refractivity contribution in [3.05, 3.63) is 31.5 Å². The topological polar surface area (TPSA) is 97.9 Å². The van der Waals surface area contributed by atoms with Crippen molar-refractivity contribution in [2.75, 3.05) is 0 Å². The number of aromatic amines is 1. The van der Waals surface area contributed by atoms with Crippen LogP contribution < -0.4 is 17.0 Å². The van der Waals surface area contributed by atoms with E-state index in [9.17, 15) is 14.4 Å². The molecular weight excluding hydrogens is 266 g/mol. The van der Waals surface area contributed by atoms with Crippen LogP contribution in [0.5, 0.6) is 0 Å². The summed E-state index contributed by atoms with van der Waals surface area (Å²) in [4.78, 5) is 35.2. The molecule has 0 aliphatic rings. The molecule has 1 aromatic heterocycles. The summed E-state index contributed by atoms with van der Waals surface area (Å²) in [6.07, 6.45) is 1.33. The van der Waals surface area contributed by atoms with E-state index in [1.54, 1.807) is 6.92 Å². The number of hydrogen-bond acceptors (Lipinski definition) is 3. The first-order chi connectivity index (χ1) is 6.91. The number of nitrogens with two attached hydrogens (primary N) is 1. The monoisotopic (exact) mass is 275 g/mol. The van der Waals surface area contributed by atoms with Crippen molar-refractivity contribution >= 4 is 21.8 Å². The predicted octanol–water partition coefficient (Wildman–Crippen LogP) is -0.580. The Labute approximate surface area is 93.2 Å². The predicted molar refractivity (Wildman–Crippen MR) is 57.4 cm³/mol. The molecule has 0 saturated carbocycles. The van der Waals surface area contributed by atoms with E-state index in [0.717, 1.165) is 0 Å². The molecule has 1 rings (SSSR count). The molecule has 0 bridgehead atoms. The van der Waals surface area contributed by atoms with Gasteiger partial charge in [0.1, 0.15) is 0 Å². The summed E-state index contributed by atoms with van der Waals surface area (Å²) in [5.41, 5.74) is 4.01. The summed E-state index contributed by atoms with van der Waals surface area (Å²) in [5.74, 6) is -0.968. The molecule has 6 nitrogen and oxygen atoms in total. The van der Waals surface area contributed by atoms with Gasteiger partial charge in [-0.25, -0.2) is 4.79 Å². The van der Waals surface area contributed by atoms with Crippen LogP contribution in [0.15, 0.2) is 20.3 Å². The number of nitrogens with one attached hydrogen (secondary N) is 1. The van der Waals surface area contributed by atoms with Gasteiger partial charge in [-0.3, -0.25) is 19.1 Å². The molecule has 0 radical (unpaired) electrons. The van der Waals surface area contributed by atoms with E-state index in [1.165, 1.54) is 10.8 Å². The molecule has 1 aromatic rings. The number of halogens is 1. The minimum Gasteiger partial charge on any atom is -0.369 e. The summed E-state index contributed by atoms with van der Waals surface area (Å²) in [5, 5.41) is 0. The summed E-state index contributed by atoms with van der Waals surface area (Å²) in [6.45, 7) is 1.75. The van der Waals surface area contributed by atoms with Crippen LogP contribution >= 0.6 is 15.9 Å². The molecule has 0 fully saturated rings. The maximum Gasteiger partial charge on any atom is 0.328 e. The lowest BCUT2D eigenvalue weighted by molar-refractivity contribution is -0.121. The Balaban J connectivity index is 3.06. The van der Waals surface area contributed by atoms with Gasteiger partial charge in [-0.2, -0.15) is 0 Å². The number of aromatic nitrogens is 2. The number of carbonyl (C=O) groups is 1. The summed E-state index contributed by atoms with van der Waals surface area (Å²) < 4.78 is 1.46. The Morgan fingerprint density at radius 3 is 2.80 bits per heavy atom. The number of carbonyl (C=O) groups excluding carboxylic acids is 1. The van der Waals surface area contributed by atoms with Crippen LogP contribution in [0.2, 0.25) is 0 Å². The van der Waals surface area contributed by atoms with Crippen LogP contribution in [-0.4, -0.2) is 15.5 Å². The second kappa shape index (κ2) is 4.43. The smallest absolute Gasteiger partial charge is 0.328 e. The van der Waals surface area contributed by atoms with E-state index in [4.69, 9.17) is 5.73 Å². The number of primary amides is 1. The molecule has 15 heavy (non-hydrogen) atoms. The van der Waals surface area contributed by atoms with Crippen LogP contribution in [0, 0.1) is 5.92 Å². The van der Waals surface area contributed by atoms with Crippen LogP contribution in [-0.2, 0) is 11.3 Å². The molecule has 3 N–H and O–H groups in total. The average molecular weight is 276 g/mol. The van der Waals surface area contributed by atoms with Gasteiger partial charge in [-0.15, -0.1) is 0 Å². The lowest BCUT2D eigenvalue weighted by atomic mass is 10.2. The Kier molecular flexibility index (Phi) is 3.46. The standard InChI is InChI=1S/C8H10BrN3O3/c1-4(6(10)13)2-12-3-5(9)7(14)11-8(12)15/h3-4H,2H2,1H3,(H2,10,13)(H,11,14,15). The maximum absolute atomic E-state index is 11.3. The SMILES string of the molecule is CC(Cn1cc(Br)c(=O)[nH]c1=O)C(N)=O. The van der Waals surface area contributed by atoms with Gasteiger partial charge in [0.25, 0.3) is 5.56 Å². The quantitative estimate of drug-likeness (QED) is 0.772. The Hall–Kier alpha value is -1.37. The molecular formula is C8H10BrN3O3. The van der Waals surface area contributed by atoms with E-state index < -0.39 is 23.1 Å². The molecule has 0 spiro atoms. The van der Waals surface area contributed by atoms with Crippen LogP contribution in [0.3, 0.4) is 0 Å². The third-order valence-electron chi connectivity index (χ3n) is 1.92. The molecule has 1 heterocycles.